The minimum atomic E-state index is -0.915. The van der Waals surface area contributed by atoms with E-state index in [1.54, 1.807) is 6.07 Å². The highest BCUT2D eigenvalue weighted by molar-refractivity contribution is 6.01. The summed E-state index contributed by atoms with van der Waals surface area (Å²) < 4.78 is 2.26. The third kappa shape index (κ3) is 1.82. The number of hydrogen-bond acceptors (Lipinski definition) is 2. The maximum absolute atomic E-state index is 11.4. The number of imidazole rings is 1. The van der Waals surface area contributed by atoms with Crippen LogP contribution in [0.25, 0.3) is 11.0 Å². The first-order valence-corrected chi connectivity index (χ1v) is 7.00. The number of carbonyl (C=O) groups is 1. The Kier molecular flexibility index (Phi) is 2.53. The Labute approximate surface area is 118 Å². The van der Waals surface area contributed by atoms with Gasteiger partial charge in [0.2, 0.25) is 0 Å². The number of rotatable bonds is 2. The summed E-state index contributed by atoms with van der Waals surface area (Å²) in [4.78, 5) is 16.1. The van der Waals surface area contributed by atoms with Gasteiger partial charge in [-0.05, 0) is 31.9 Å². The van der Waals surface area contributed by atoms with Gasteiger partial charge in [0.1, 0.15) is 11.3 Å². The maximum Gasteiger partial charge on any atom is 0.337 e. The quantitative estimate of drug-likeness (QED) is 0.909. The van der Waals surface area contributed by atoms with Crippen LogP contribution in [0.5, 0.6) is 0 Å². The van der Waals surface area contributed by atoms with Crippen LogP contribution in [0.4, 0.5) is 0 Å². The monoisotopic (exact) mass is 272 g/mol. The van der Waals surface area contributed by atoms with E-state index in [1.165, 1.54) is 0 Å². The number of hydrogen-bond donors (Lipinski definition) is 1. The molecule has 20 heavy (non-hydrogen) atoms. The van der Waals surface area contributed by atoms with Crippen LogP contribution in [0, 0.1) is 0 Å². The molecule has 0 spiro atoms. The first-order valence-electron chi connectivity index (χ1n) is 7.00. The number of fused-ring (bicyclic) bond motifs is 1. The fraction of sp³-hybridized carbons (Fsp3) is 0.500. The molecule has 0 amide bonds. The van der Waals surface area contributed by atoms with Gasteiger partial charge in [0.15, 0.2) is 0 Å². The Morgan fingerprint density at radius 2 is 2.00 bits per heavy atom. The van der Waals surface area contributed by atoms with E-state index in [0.29, 0.717) is 5.52 Å². The largest absolute Gasteiger partial charge is 0.478 e. The smallest absolute Gasteiger partial charge is 0.337 e. The van der Waals surface area contributed by atoms with E-state index >= 15 is 0 Å². The van der Waals surface area contributed by atoms with E-state index in [2.05, 4.69) is 32.3 Å². The Morgan fingerprint density at radius 3 is 2.50 bits per heavy atom. The third-order valence-electron chi connectivity index (χ3n) is 4.10. The van der Waals surface area contributed by atoms with Crippen LogP contribution in [-0.4, -0.2) is 20.6 Å². The zero-order chi connectivity index (χ0) is 14.7. The van der Waals surface area contributed by atoms with E-state index in [-0.39, 0.29) is 16.5 Å². The summed E-state index contributed by atoms with van der Waals surface area (Å²) in [6, 6.07) is 5.42. The molecule has 1 aliphatic carbocycles. The predicted octanol–water partition coefficient (Wildman–Crippen LogP) is 3.54. The SMILES string of the molecule is CC(C)(C)c1nc2c(C(=O)O)cccc2n1C1(C)CC1. The van der Waals surface area contributed by atoms with Gasteiger partial charge < -0.3 is 9.67 Å². The van der Waals surface area contributed by atoms with Crippen molar-refractivity contribution in [1.82, 2.24) is 9.55 Å². The van der Waals surface area contributed by atoms with Gasteiger partial charge in [-0.1, -0.05) is 26.8 Å². The van der Waals surface area contributed by atoms with Crippen LogP contribution in [0.3, 0.4) is 0 Å². The molecule has 0 bridgehead atoms. The molecule has 4 nitrogen and oxygen atoms in total. The third-order valence-corrected chi connectivity index (χ3v) is 4.10. The lowest BCUT2D eigenvalue weighted by Crippen LogP contribution is -2.24. The summed E-state index contributed by atoms with van der Waals surface area (Å²) in [6.45, 7) is 8.58. The van der Waals surface area contributed by atoms with Gasteiger partial charge in [-0.2, -0.15) is 0 Å². The average Bonchev–Trinajstić information content (AvgIpc) is 2.94. The van der Waals surface area contributed by atoms with E-state index < -0.39 is 5.97 Å². The van der Waals surface area contributed by atoms with Gasteiger partial charge in [0, 0.05) is 11.0 Å². The van der Waals surface area contributed by atoms with Gasteiger partial charge in [0.25, 0.3) is 0 Å². The molecule has 0 saturated heterocycles. The molecule has 1 N–H and O–H groups in total. The number of nitrogens with zero attached hydrogens (tertiary/aromatic N) is 2. The van der Waals surface area contributed by atoms with Crippen molar-refractivity contribution in [3.8, 4) is 0 Å². The van der Waals surface area contributed by atoms with Gasteiger partial charge in [-0.25, -0.2) is 9.78 Å². The molecule has 1 heterocycles. The fourth-order valence-electron chi connectivity index (χ4n) is 2.73. The van der Waals surface area contributed by atoms with Crippen LogP contribution in [0.15, 0.2) is 18.2 Å². The molecule has 1 fully saturated rings. The van der Waals surface area contributed by atoms with Crippen molar-refractivity contribution in [2.45, 2.75) is 51.5 Å². The molecule has 3 rings (SSSR count). The number of benzene rings is 1. The van der Waals surface area contributed by atoms with E-state index in [4.69, 9.17) is 4.98 Å². The number of aromatic nitrogens is 2. The summed E-state index contributed by atoms with van der Waals surface area (Å²) in [5.41, 5.74) is 1.82. The molecular weight excluding hydrogens is 252 g/mol. The molecule has 106 valence electrons. The van der Waals surface area contributed by atoms with Crippen molar-refractivity contribution in [1.29, 1.82) is 0 Å². The van der Waals surface area contributed by atoms with Gasteiger partial charge in [0.05, 0.1) is 11.1 Å². The summed E-state index contributed by atoms with van der Waals surface area (Å²) in [7, 11) is 0. The zero-order valence-corrected chi connectivity index (χ0v) is 12.4. The summed E-state index contributed by atoms with van der Waals surface area (Å²) in [5.74, 6) is 0.0582. The second kappa shape index (κ2) is 3.84. The second-order valence-corrected chi connectivity index (χ2v) is 7.00. The predicted molar refractivity (Wildman–Crippen MR) is 78.3 cm³/mol. The Balaban J connectivity index is 2.39. The van der Waals surface area contributed by atoms with Gasteiger partial charge in [-0.3, -0.25) is 0 Å². The zero-order valence-electron chi connectivity index (χ0n) is 12.4. The van der Waals surface area contributed by atoms with Crippen LogP contribution >= 0.6 is 0 Å². The summed E-state index contributed by atoms with van der Waals surface area (Å²) >= 11 is 0. The average molecular weight is 272 g/mol. The van der Waals surface area contributed by atoms with Crippen LogP contribution < -0.4 is 0 Å². The fourth-order valence-corrected chi connectivity index (χ4v) is 2.73. The van der Waals surface area contributed by atoms with Crippen LogP contribution in [0.1, 0.15) is 56.7 Å². The molecule has 0 aliphatic heterocycles. The number of aromatic carboxylic acids is 1. The molecule has 1 aromatic carbocycles. The first kappa shape index (κ1) is 13.2. The van der Waals surface area contributed by atoms with E-state index in [1.807, 2.05) is 12.1 Å². The molecule has 2 aromatic rings. The number of carboxylic acids is 1. The standard InChI is InChI=1S/C16H20N2O2/c1-15(2,3)14-17-12-10(13(19)20)6-5-7-11(12)18(14)16(4)8-9-16/h5-7H,8-9H2,1-4H3,(H,19,20). The highest BCUT2D eigenvalue weighted by atomic mass is 16.4. The van der Waals surface area contributed by atoms with Crippen molar-refractivity contribution < 1.29 is 9.90 Å². The van der Waals surface area contributed by atoms with Crippen molar-refractivity contribution in [3.05, 3.63) is 29.6 Å². The summed E-state index contributed by atoms with van der Waals surface area (Å²) in [5, 5.41) is 9.35. The molecular formula is C16H20N2O2. The first-order chi connectivity index (χ1) is 9.24. The Bertz CT molecular complexity index is 703. The molecule has 0 unspecified atom stereocenters. The van der Waals surface area contributed by atoms with E-state index in [9.17, 15) is 9.90 Å². The minimum absolute atomic E-state index is 0.0918. The molecule has 0 atom stereocenters. The lowest BCUT2D eigenvalue weighted by atomic mass is 9.95. The van der Waals surface area contributed by atoms with Crippen LogP contribution in [-0.2, 0) is 11.0 Å². The Hall–Kier alpha value is -1.84. The second-order valence-electron chi connectivity index (χ2n) is 7.00. The van der Waals surface area contributed by atoms with Gasteiger partial charge in [-0.15, -0.1) is 0 Å². The highest BCUT2D eigenvalue weighted by Gasteiger charge is 2.43. The van der Waals surface area contributed by atoms with Crippen molar-refractivity contribution in [2.75, 3.05) is 0 Å². The van der Waals surface area contributed by atoms with Crippen molar-refractivity contribution >= 4 is 17.0 Å². The lowest BCUT2D eigenvalue weighted by Gasteiger charge is -2.24. The molecule has 4 heteroatoms. The van der Waals surface area contributed by atoms with Crippen molar-refractivity contribution in [2.24, 2.45) is 0 Å². The summed E-state index contributed by atoms with van der Waals surface area (Å²) in [6.07, 6.45) is 2.25. The molecule has 1 aromatic heterocycles. The number of carboxylic acid groups (broad SMARTS) is 1. The molecule has 1 aliphatic rings. The van der Waals surface area contributed by atoms with Gasteiger partial charge >= 0.3 is 5.97 Å². The van der Waals surface area contributed by atoms with E-state index in [0.717, 1.165) is 24.2 Å². The topological polar surface area (TPSA) is 55.1 Å². The molecule has 0 radical (unpaired) electrons. The van der Waals surface area contributed by atoms with Crippen LogP contribution in [0.2, 0.25) is 0 Å². The molecule has 1 saturated carbocycles. The lowest BCUT2D eigenvalue weighted by molar-refractivity contribution is 0.0699. The minimum Gasteiger partial charge on any atom is -0.478 e. The van der Waals surface area contributed by atoms with Crippen molar-refractivity contribution in [3.63, 3.8) is 0 Å². The Morgan fingerprint density at radius 1 is 1.35 bits per heavy atom. The normalized spacial score (nSPS) is 17.4. The number of para-hydroxylation sites is 1. The highest BCUT2D eigenvalue weighted by Crippen LogP contribution is 2.47. The maximum atomic E-state index is 11.4.